The van der Waals surface area contributed by atoms with E-state index >= 15 is 0 Å². The van der Waals surface area contributed by atoms with Crippen LogP contribution in [0.4, 0.5) is 0 Å². The van der Waals surface area contributed by atoms with Crippen LogP contribution in [0.25, 0.3) is 0 Å². The second kappa shape index (κ2) is 7.99. The number of hydrogen-bond donors (Lipinski definition) is 5. The molecule has 0 amide bonds. The summed E-state index contributed by atoms with van der Waals surface area (Å²) >= 11 is 0. The topological polar surface area (TPSA) is 201 Å². The summed E-state index contributed by atoms with van der Waals surface area (Å²) in [6, 6.07) is 1.09. The van der Waals surface area contributed by atoms with E-state index in [2.05, 4.69) is 27.1 Å². The van der Waals surface area contributed by atoms with Crippen molar-refractivity contribution in [3.05, 3.63) is 77.6 Å². The minimum atomic E-state index is -1.43. The number of ether oxygens (including phenoxy) is 1. The molecule has 1 aliphatic heterocycles. The first-order chi connectivity index (χ1) is 14.8. The molecule has 31 heavy (non-hydrogen) atoms. The van der Waals surface area contributed by atoms with Crippen molar-refractivity contribution in [3.8, 4) is 11.8 Å². The van der Waals surface area contributed by atoms with Gasteiger partial charge in [-0.25, -0.2) is 14.3 Å². The number of aromatic amines is 3. The fourth-order valence-electron chi connectivity index (χ4n) is 3.00. The molecule has 1 saturated heterocycles. The molecule has 5 N–H and O–H groups in total. The summed E-state index contributed by atoms with van der Waals surface area (Å²) in [5.41, 5.74) is -2.47. The molecule has 1 fully saturated rings. The molecule has 3 aromatic rings. The Morgan fingerprint density at radius 1 is 1.13 bits per heavy atom. The van der Waals surface area contributed by atoms with Crippen LogP contribution >= 0.6 is 0 Å². The van der Waals surface area contributed by atoms with Crippen molar-refractivity contribution >= 4 is 0 Å². The molecule has 0 unspecified atom stereocenters. The fourth-order valence-corrected chi connectivity index (χ4v) is 3.00. The maximum atomic E-state index is 11.9. The maximum Gasteiger partial charge on any atom is 0.330 e. The normalized spacial score (nSPS) is 22.8. The SMILES string of the molecule is O=c1ccn([C@@H]2O[C@H](Cn3cc(C#Cc4c[nH]c(=O)[nH]c4=O)nn3)[C@@H](O)[C@H]2O)c(=O)[nH]1. The van der Waals surface area contributed by atoms with E-state index in [9.17, 15) is 29.4 Å². The molecule has 0 aliphatic carbocycles. The van der Waals surface area contributed by atoms with Gasteiger partial charge in [-0.2, -0.15) is 0 Å². The van der Waals surface area contributed by atoms with Crippen LogP contribution < -0.4 is 22.5 Å². The van der Waals surface area contributed by atoms with E-state index in [0.717, 1.165) is 16.8 Å². The van der Waals surface area contributed by atoms with Gasteiger partial charge in [0.15, 0.2) is 11.9 Å². The first-order valence-electron chi connectivity index (χ1n) is 8.89. The number of aliphatic hydroxyl groups excluding tert-OH is 2. The quantitative estimate of drug-likeness (QED) is 0.259. The van der Waals surface area contributed by atoms with E-state index in [1.165, 1.54) is 17.1 Å². The van der Waals surface area contributed by atoms with Gasteiger partial charge in [-0.1, -0.05) is 11.1 Å². The predicted molar refractivity (Wildman–Crippen MR) is 101 cm³/mol. The smallest absolute Gasteiger partial charge is 0.330 e. The van der Waals surface area contributed by atoms with Crippen molar-refractivity contribution in [2.75, 3.05) is 0 Å². The van der Waals surface area contributed by atoms with Gasteiger partial charge in [0.2, 0.25) is 0 Å². The van der Waals surface area contributed by atoms with E-state index in [1.807, 2.05) is 9.97 Å². The van der Waals surface area contributed by atoms with Crippen LogP contribution in [0.1, 0.15) is 17.5 Å². The average Bonchev–Trinajstić information content (AvgIpc) is 3.27. The van der Waals surface area contributed by atoms with Crippen LogP contribution in [0.2, 0.25) is 0 Å². The van der Waals surface area contributed by atoms with E-state index in [4.69, 9.17) is 4.74 Å². The Morgan fingerprint density at radius 2 is 1.94 bits per heavy atom. The van der Waals surface area contributed by atoms with Crippen molar-refractivity contribution in [3.63, 3.8) is 0 Å². The summed E-state index contributed by atoms with van der Waals surface area (Å²) in [4.78, 5) is 52.1. The van der Waals surface area contributed by atoms with Gasteiger partial charge in [-0.15, -0.1) is 5.10 Å². The van der Waals surface area contributed by atoms with Gasteiger partial charge in [0.1, 0.15) is 23.9 Å². The number of nitrogens with zero attached hydrogens (tertiary/aromatic N) is 4. The van der Waals surface area contributed by atoms with Gasteiger partial charge < -0.3 is 19.9 Å². The van der Waals surface area contributed by atoms with Gasteiger partial charge in [0.05, 0.1) is 12.7 Å². The van der Waals surface area contributed by atoms with Gasteiger partial charge in [-0.3, -0.25) is 24.1 Å². The molecular weight excluding hydrogens is 414 g/mol. The zero-order valence-electron chi connectivity index (χ0n) is 15.6. The van der Waals surface area contributed by atoms with Crippen LogP contribution in [-0.2, 0) is 11.3 Å². The lowest BCUT2D eigenvalue weighted by Crippen LogP contribution is -2.37. The van der Waals surface area contributed by atoms with Crippen LogP contribution in [0.3, 0.4) is 0 Å². The van der Waals surface area contributed by atoms with Gasteiger partial charge in [0.25, 0.3) is 11.1 Å². The molecule has 0 spiro atoms. The highest BCUT2D eigenvalue weighted by atomic mass is 16.6. The monoisotopic (exact) mass is 429 g/mol. The predicted octanol–water partition coefficient (Wildman–Crippen LogP) is -3.78. The molecule has 0 bridgehead atoms. The Bertz CT molecular complexity index is 1400. The van der Waals surface area contributed by atoms with Crippen LogP contribution in [0, 0.1) is 11.8 Å². The summed E-state index contributed by atoms with van der Waals surface area (Å²) in [6.45, 7) is -0.0270. The highest BCUT2D eigenvalue weighted by Gasteiger charge is 2.44. The Labute approximate surface area is 170 Å². The second-order valence-electron chi connectivity index (χ2n) is 6.63. The third-order valence-electron chi connectivity index (χ3n) is 4.51. The summed E-state index contributed by atoms with van der Waals surface area (Å²) in [6.07, 6.45) is -1.17. The van der Waals surface area contributed by atoms with Crippen molar-refractivity contribution < 1.29 is 14.9 Å². The molecular formula is C17H15N7O7. The number of nitrogens with one attached hydrogen (secondary N) is 3. The Morgan fingerprint density at radius 3 is 2.68 bits per heavy atom. The van der Waals surface area contributed by atoms with E-state index in [-0.39, 0.29) is 17.8 Å². The molecule has 4 heterocycles. The summed E-state index contributed by atoms with van der Waals surface area (Å²) < 4.78 is 7.87. The molecule has 160 valence electrons. The summed E-state index contributed by atoms with van der Waals surface area (Å²) in [5, 5.41) is 28.2. The first-order valence-corrected chi connectivity index (χ1v) is 8.89. The molecule has 14 nitrogen and oxygen atoms in total. The Hall–Kier alpha value is -4.06. The van der Waals surface area contributed by atoms with Crippen LogP contribution in [-0.4, -0.2) is 63.0 Å². The standard InChI is InChI=1S/C17H15N7O7/c25-11-3-4-24(17(30)19-11)15-13(27)12(26)10(31-15)7-23-6-9(21-22-23)2-1-8-5-18-16(29)20-14(8)28/h3-6,10,12-13,15,26-27H,7H2,(H,19,25,30)(H2,18,20,28,29)/t10-,12-,13-,15-/m1/s1. The lowest BCUT2D eigenvalue weighted by Gasteiger charge is -2.16. The minimum absolute atomic E-state index is 0.0270. The summed E-state index contributed by atoms with van der Waals surface area (Å²) in [7, 11) is 0. The molecule has 14 heteroatoms. The van der Waals surface area contributed by atoms with Crippen molar-refractivity contribution in [1.82, 2.24) is 34.5 Å². The molecule has 0 radical (unpaired) electrons. The molecule has 1 aliphatic rings. The molecule has 4 rings (SSSR count). The third kappa shape index (κ3) is 4.14. The van der Waals surface area contributed by atoms with Crippen molar-refractivity contribution in [1.29, 1.82) is 0 Å². The van der Waals surface area contributed by atoms with Crippen molar-refractivity contribution in [2.45, 2.75) is 31.1 Å². The molecule has 0 aromatic carbocycles. The first kappa shape index (κ1) is 20.2. The largest absolute Gasteiger partial charge is 0.387 e. The second-order valence-corrected chi connectivity index (χ2v) is 6.63. The van der Waals surface area contributed by atoms with E-state index < -0.39 is 47.0 Å². The molecule has 3 aromatic heterocycles. The van der Waals surface area contributed by atoms with E-state index in [0.29, 0.717) is 0 Å². The third-order valence-corrected chi connectivity index (χ3v) is 4.51. The highest BCUT2D eigenvalue weighted by molar-refractivity contribution is 5.36. The summed E-state index contributed by atoms with van der Waals surface area (Å²) in [5.74, 6) is 5.17. The molecule has 0 saturated carbocycles. The number of aliphatic hydroxyl groups is 2. The number of hydrogen-bond acceptors (Lipinski definition) is 9. The van der Waals surface area contributed by atoms with Crippen LogP contribution in [0.15, 0.2) is 43.8 Å². The Balaban J connectivity index is 1.49. The van der Waals surface area contributed by atoms with Gasteiger partial charge in [-0.05, 0) is 5.92 Å². The van der Waals surface area contributed by atoms with Crippen molar-refractivity contribution in [2.24, 2.45) is 0 Å². The number of aromatic nitrogens is 7. The lowest BCUT2D eigenvalue weighted by molar-refractivity contribution is -0.0450. The van der Waals surface area contributed by atoms with Gasteiger partial charge in [0, 0.05) is 18.5 Å². The minimum Gasteiger partial charge on any atom is -0.387 e. The van der Waals surface area contributed by atoms with Gasteiger partial charge >= 0.3 is 11.4 Å². The van der Waals surface area contributed by atoms with E-state index in [1.54, 1.807) is 0 Å². The number of H-pyrrole nitrogens is 3. The zero-order chi connectivity index (χ0) is 22.1. The zero-order valence-corrected chi connectivity index (χ0v) is 15.6. The fraction of sp³-hybridized carbons (Fsp3) is 0.294. The lowest BCUT2D eigenvalue weighted by atomic mass is 10.1. The van der Waals surface area contributed by atoms with Crippen LogP contribution in [0.5, 0.6) is 0 Å². The Kier molecular flexibility index (Phi) is 5.21. The molecule has 4 atom stereocenters. The highest BCUT2D eigenvalue weighted by Crippen LogP contribution is 2.28. The number of rotatable bonds is 3. The average molecular weight is 429 g/mol. The maximum absolute atomic E-state index is 11.9.